The Morgan fingerprint density at radius 1 is 1.36 bits per heavy atom. The summed E-state index contributed by atoms with van der Waals surface area (Å²) in [6.45, 7) is 0.199. The molecule has 1 aliphatic rings. The van der Waals surface area contributed by atoms with E-state index in [0.29, 0.717) is 17.7 Å². The molecule has 0 radical (unpaired) electrons. The molecule has 1 atom stereocenters. The van der Waals surface area contributed by atoms with Crippen LogP contribution in [0.3, 0.4) is 0 Å². The molecule has 0 fully saturated rings. The second kappa shape index (κ2) is 6.54. The lowest BCUT2D eigenvalue weighted by atomic mass is 10.1. The first-order chi connectivity index (χ1) is 11.4. The second-order valence-electron chi connectivity index (χ2n) is 5.61. The predicted octanol–water partition coefficient (Wildman–Crippen LogP) is 1.14. The van der Waals surface area contributed by atoms with Crippen LogP contribution in [0.5, 0.6) is 0 Å². The monoisotopic (exact) mass is 380 g/mol. The number of nitrogens with zero attached hydrogens (tertiary/aromatic N) is 1. The average Bonchev–Trinajstić information content (AvgIpc) is 2.87. The molecule has 2 N–H and O–H groups in total. The van der Waals surface area contributed by atoms with Gasteiger partial charge in [0.1, 0.15) is 6.04 Å². The number of carbonyl (C=O) groups excluding carboxylic acids is 1. The minimum absolute atomic E-state index is 0.0393. The van der Waals surface area contributed by atoms with Crippen LogP contribution in [0.2, 0.25) is 0 Å². The zero-order valence-corrected chi connectivity index (χ0v) is 13.8. The van der Waals surface area contributed by atoms with Crippen molar-refractivity contribution in [3.05, 3.63) is 29.3 Å². The summed E-state index contributed by atoms with van der Waals surface area (Å²) in [5.74, 6) is -2.77. The molecule has 0 saturated carbocycles. The molecule has 0 spiro atoms. The van der Waals surface area contributed by atoms with Crippen molar-refractivity contribution in [2.75, 3.05) is 17.1 Å². The summed E-state index contributed by atoms with van der Waals surface area (Å²) < 4.78 is 61.6. The minimum atomic E-state index is -4.75. The van der Waals surface area contributed by atoms with Crippen molar-refractivity contribution in [2.45, 2.75) is 25.1 Å². The normalized spacial score (nSPS) is 15.6. The van der Waals surface area contributed by atoms with Gasteiger partial charge in [0, 0.05) is 12.1 Å². The summed E-state index contributed by atoms with van der Waals surface area (Å²) in [4.78, 5) is 22.9. The van der Waals surface area contributed by atoms with Crippen LogP contribution in [-0.4, -0.2) is 50.4 Å². The summed E-state index contributed by atoms with van der Waals surface area (Å²) in [6, 6.07) is 1.86. The summed E-state index contributed by atoms with van der Waals surface area (Å²) in [5, 5.41) is 10.7. The van der Waals surface area contributed by atoms with Gasteiger partial charge < -0.3 is 10.4 Å². The van der Waals surface area contributed by atoms with Crippen LogP contribution < -0.4 is 9.62 Å². The van der Waals surface area contributed by atoms with E-state index in [1.165, 1.54) is 18.2 Å². The number of carboxylic acid groups (broad SMARTS) is 1. The molecule has 1 heterocycles. The van der Waals surface area contributed by atoms with Gasteiger partial charge in [0.05, 0.1) is 18.4 Å². The van der Waals surface area contributed by atoms with Gasteiger partial charge in [0.2, 0.25) is 10.0 Å². The van der Waals surface area contributed by atoms with Gasteiger partial charge >= 0.3 is 12.1 Å². The van der Waals surface area contributed by atoms with Crippen LogP contribution in [0, 0.1) is 0 Å². The summed E-state index contributed by atoms with van der Waals surface area (Å²) >= 11 is 0. The maximum atomic E-state index is 12.4. The molecule has 1 unspecified atom stereocenters. The Labute approximate surface area is 141 Å². The number of hydrogen-bond donors (Lipinski definition) is 2. The van der Waals surface area contributed by atoms with E-state index in [9.17, 15) is 31.2 Å². The van der Waals surface area contributed by atoms with Crippen LogP contribution in [0.4, 0.5) is 18.9 Å². The molecule has 2 rings (SSSR count). The summed E-state index contributed by atoms with van der Waals surface area (Å²) in [5.41, 5.74) is 0.896. The van der Waals surface area contributed by atoms with E-state index in [1.807, 2.05) is 5.32 Å². The highest BCUT2D eigenvalue weighted by molar-refractivity contribution is 7.92. The number of fused-ring (bicyclic) bond motifs is 1. The molecule has 7 nitrogen and oxygen atoms in total. The predicted molar refractivity (Wildman–Crippen MR) is 81.9 cm³/mol. The van der Waals surface area contributed by atoms with Crippen molar-refractivity contribution in [1.82, 2.24) is 5.32 Å². The zero-order valence-electron chi connectivity index (χ0n) is 13.0. The molecule has 1 amide bonds. The van der Waals surface area contributed by atoms with E-state index in [4.69, 9.17) is 5.11 Å². The van der Waals surface area contributed by atoms with Gasteiger partial charge in [-0.3, -0.25) is 9.10 Å². The number of hydrogen-bond acceptors (Lipinski definition) is 4. The second-order valence-corrected chi connectivity index (χ2v) is 7.52. The summed E-state index contributed by atoms with van der Waals surface area (Å²) in [7, 11) is -3.47. The fraction of sp³-hybridized carbons (Fsp3) is 0.429. The molecule has 25 heavy (non-hydrogen) atoms. The number of nitrogens with one attached hydrogen (secondary N) is 1. The van der Waals surface area contributed by atoms with Crippen molar-refractivity contribution in [3.63, 3.8) is 0 Å². The van der Waals surface area contributed by atoms with Crippen LogP contribution in [0.15, 0.2) is 18.2 Å². The SMILES string of the molecule is CS(=O)(=O)N1CCc2cc(C(=O)NC(CC(F)(F)F)C(=O)O)ccc21. The number of rotatable bonds is 5. The molecular formula is C14H15F3N2O5S. The smallest absolute Gasteiger partial charge is 0.391 e. The Morgan fingerprint density at radius 3 is 2.52 bits per heavy atom. The van der Waals surface area contributed by atoms with Gasteiger partial charge in [0.25, 0.3) is 5.91 Å². The molecule has 0 bridgehead atoms. The third-order valence-corrected chi connectivity index (χ3v) is 4.81. The largest absolute Gasteiger partial charge is 0.480 e. The first-order valence-electron chi connectivity index (χ1n) is 7.09. The number of halogens is 3. The molecule has 0 aliphatic carbocycles. The van der Waals surface area contributed by atoms with Gasteiger partial charge in [-0.05, 0) is 30.2 Å². The quantitative estimate of drug-likeness (QED) is 0.797. The fourth-order valence-electron chi connectivity index (χ4n) is 2.53. The number of carboxylic acids is 1. The highest BCUT2D eigenvalue weighted by atomic mass is 32.2. The Morgan fingerprint density at radius 2 is 2.00 bits per heavy atom. The third-order valence-electron chi connectivity index (χ3n) is 3.63. The molecule has 1 aromatic rings. The lowest BCUT2D eigenvalue weighted by Crippen LogP contribution is -2.43. The molecule has 138 valence electrons. The number of aliphatic carboxylic acids is 1. The maximum Gasteiger partial charge on any atom is 0.391 e. The van der Waals surface area contributed by atoms with Gasteiger partial charge in [-0.2, -0.15) is 13.2 Å². The molecule has 11 heteroatoms. The number of carbonyl (C=O) groups is 2. The molecule has 0 saturated heterocycles. The van der Waals surface area contributed by atoms with Crippen molar-refractivity contribution >= 4 is 27.6 Å². The molecular weight excluding hydrogens is 365 g/mol. The Bertz CT molecular complexity index is 807. The first-order valence-corrected chi connectivity index (χ1v) is 8.94. The minimum Gasteiger partial charge on any atom is -0.480 e. The van der Waals surface area contributed by atoms with Crippen molar-refractivity contribution in [1.29, 1.82) is 0 Å². The van der Waals surface area contributed by atoms with Crippen LogP contribution in [0.25, 0.3) is 0 Å². The number of amides is 1. The standard InChI is InChI=1S/C14H15F3N2O5S/c1-25(23,24)19-5-4-8-6-9(2-3-11(8)19)12(20)18-10(13(21)22)7-14(15,16)17/h2-3,6,10H,4-5,7H2,1H3,(H,18,20)(H,21,22). The van der Waals surface area contributed by atoms with E-state index >= 15 is 0 Å². The fourth-order valence-corrected chi connectivity index (χ4v) is 3.49. The third kappa shape index (κ3) is 4.62. The first kappa shape index (κ1) is 19.0. The summed E-state index contributed by atoms with van der Waals surface area (Å²) in [6.07, 6.45) is -5.06. The van der Waals surface area contributed by atoms with Crippen molar-refractivity contribution in [2.24, 2.45) is 0 Å². The van der Waals surface area contributed by atoms with E-state index in [-0.39, 0.29) is 12.1 Å². The van der Waals surface area contributed by atoms with Crippen LogP contribution >= 0.6 is 0 Å². The number of benzene rings is 1. The Hall–Kier alpha value is -2.30. The highest BCUT2D eigenvalue weighted by Gasteiger charge is 2.36. The lowest BCUT2D eigenvalue weighted by molar-refractivity contribution is -0.157. The zero-order chi connectivity index (χ0) is 19.0. The van der Waals surface area contributed by atoms with Gasteiger partial charge in [-0.25, -0.2) is 13.2 Å². The van der Waals surface area contributed by atoms with E-state index in [2.05, 4.69) is 0 Å². The Kier molecular flexibility index (Phi) is 4.98. The molecule has 1 aromatic carbocycles. The number of anilines is 1. The molecule has 1 aliphatic heterocycles. The Balaban J connectivity index is 2.20. The van der Waals surface area contributed by atoms with E-state index < -0.39 is 40.5 Å². The van der Waals surface area contributed by atoms with Crippen LogP contribution in [-0.2, 0) is 21.2 Å². The molecule has 0 aromatic heterocycles. The number of alkyl halides is 3. The van der Waals surface area contributed by atoms with Crippen LogP contribution in [0.1, 0.15) is 22.3 Å². The van der Waals surface area contributed by atoms with Crippen molar-refractivity contribution in [3.8, 4) is 0 Å². The highest BCUT2D eigenvalue weighted by Crippen LogP contribution is 2.30. The van der Waals surface area contributed by atoms with E-state index in [1.54, 1.807) is 0 Å². The van der Waals surface area contributed by atoms with Gasteiger partial charge in [0.15, 0.2) is 0 Å². The van der Waals surface area contributed by atoms with Gasteiger partial charge in [-0.15, -0.1) is 0 Å². The lowest BCUT2D eigenvalue weighted by Gasteiger charge is -2.18. The topological polar surface area (TPSA) is 104 Å². The average molecular weight is 380 g/mol. The number of sulfonamides is 1. The van der Waals surface area contributed by atoms with Gasteiger partial charge in [-0.1, -0.05) is 0 Å². The maximum absolute atomic E-state index is 12.4. The van der Waals surface area contributed by atoms with Crippen molar-refractivity contribution < 1.29 is 36.3 Å². The van der Waals surface area contributed by atoms with E-state index in [0.717, 1.165) is 10.6 Å².